The molecule has 0 spiro atoms. The highest BCUT2D eigenvalue weighted by molar-refractivity contribution is 6.31. The van der Waals surface area contributed by atoms with Crippen molar-refractivity contribution in [1.29, 1.82) is 0 Å². The van der Waals surface area contributed by atoms with Crippen molar-refractivity contribution in [2.75, 3.05) is 0 Å². The zero-order valence-electron chi connectivity index (χ0n) is 9.16. The minimum atomic E-state index is -0.624. The first-order valence-electron chi connectivity index (χ1n) is 5.13. The molecule has 0 atom stereocenters. The summed E-state index contributed by atoms with van der Waals surface area (Å²) >= 11 is 11.6. The highest BCUT2D eigenvalue weighted by atomic mass is 35.5. The summed E-state index contributed by atoms with van der Waals surface area (Å²) in [5, 5.41) is 9.33. The third kappa shape index (κ3) is 2.75. The maximum Gasteiger partial charge on any atom is 0.184 e. The van der Waals surface area contributed by atoms with Gasteiger partial charge < -0.3 is 9.84 Å². The quantitative estimate of drug-likeness (QED) is 0.905. The molecular formula is C13H9Cl2FO2. The van der Waals surface area contributed by atoms with E-state index in [9.17, 15) is 4.39 Å². The molecule has 0 aromatic heterocycles. The minimum Gasteiger partial charge on any atom is -0.454 e. The zero-order valence-corrected chi connectivity index (χ0v) is 10.7. The summed E-state index contributed by atoms with van der Waals surface area (Å²) in [6, 6.07) is 9.20. The number of halogens is 3. The summed E-state index contributed by atoms with van der Waals surface area (Å²) in [7, 11) is 0. The van der Waals surface area contributed by atoms with Crippen molar-refractivity contribution in [3.05, 3.63) is 57.8 Å². The Morgan fingerprint density at radius 3 is 2.56 bits per heavy atom. The van der Waals surface area contributed by atoms with Crippen LogP contribution in [0.1, 0.15) is 5.56 Å². The summed E-state index contributed by atoms with van der Waals surface area (Å²) in [5.74, 6) is -0.227. The van der Waals surface area contributed by atoms with Gasteiger partial charge in [-0.1, -0.05) is 35.3 Å². The lowest BCUT2D eigenvalue weighted by Gasteiger charge is -2.09. The van der Waals surface area contributed by atoms with Crippen LogP contribution >= 0.6 is 23.2 Å². The summed E-state index contributed by atoms with van der Waals surface area (Å²) in [5.41, 5.74) is 0.579. The second-order valence-electron chi connectivity index (χ2n) is 3.57. The van der Waals surface area contributed by atoms with Crippen molar-refractivity contribution < 1.29 is 14.2 Å². The molecular weight excluding hydrogens is 278 g/mol. The smallest absolute Gasteiger partial charge is 0.184 e. The van der Waals surface area contributed by atoms with Gasteiger partial charge in [-0.05, 0) is 29.8 Å². The van der Waals surface area contributed by atoms with Gasteiger partial charge in [0, 0.05) is 5.02 Å². The Kier molecular flexibility index (Phi) is 4.07. The van der Waals surface area contributed by atoms with Gasteiger partial charge in [-0.2, -0.15) is 0 Å². The van der Waals surface area contributed by atoms with Crippen LogP contribution in [0.2, 0.25) is 10.0 Å². The van der Waals surface area contributed by atoms with Crippen molar-refractivity contribution in [2.45, 2.75) is 6.61 Å². The average Bonchev–Trinajstić information content (AvgIpc) is 2.35. The van der Waals surface area contributed by atoms with Crippen LogP contribution in [-0.2, 0) is 6.61 Å². The second-order valence-corrected chi connectivity index (χ2v) is 4.38. The molecule has 5 heteroatoms. The van der Waals surface area contributed by atoms with Crippen LogP contribution in [0.25, 0.3) is 0 Å². The molecule has 0 aliphatic heterocycles. The van der Waals surface area contributed by atoms with Gasteiger partial charge >= 0.3 is 0 Å². The third-order valence-electron chi connectivity index (χ3n) is 2.34. The van der Waals surface area contributed by atoms with Gasteiger partial charge in [-0.3, -0.25) is 0 Å². The normalized spacial score (nSPS) is 10.4. The monoisotopic (exact) mass is 286 g/mol. The lowest BCUT2D eigenvalue weighted by Crippen LogP contribution is -1.91. The van der Waals surface area contributed by atoms with E-state index >= 15 is 0 Å². The third-order valence-corrected chi connectivity index (χ3v) is 2.98. The van der Waals surface area contributed by atoms with Gasteiger partial charge in [0.25, 0.3) is 0 Å². The van der Waals surface area contributed by atoms with E-state index in [0.29, 0.717) is 16.3 Å². The van der Waals surface area contributed by atoms with Crippen LogP contribution in [0.4, 0.5) is 4.39 Å². The van der Waals surface area contributed by atoms with Crippen molar-refractivity contribution in [1.82, 2.24) is 0 Å². The van der Waals surface area contributed by atoms with E-state index in [-0.39, 0.29) is 17.4 Å². The topological polar surface area (TPSA) is 29.5 Å². The lowest BCUT2D eigenvalue weighted by atomic mass is 10.2. The fourth-order valence-corrected chi connectivity index (χ4v) is 1.81. The van der Waals surface area contributed by atoms with Crippen LogP contribution in [0.3, 0.4) is 0 Å². The minimum absolute atomic E-state index is 0.00873. The molecule has 0 saturated carbocycles. The molecule has 2 nitrogen and oxygen atoms in total. The summed E-state index contributed by atoms with van der Waals surface area (Å²) < 4.78 is 18.9. The summed E-state index contributed by atoms with van der Waals surface area (Å²) in [6.07, 6.45) is 0. The number of aliphatic hydroxyl groups excluding tert-OH is 1. The standard InChI is InChI=1S/C13H9Cl2FO2/c14-10-2-1-3-12(13(10)16)18-9-5-4-8(7-17)11(15)6-9/h1-6,17H,7H2. The van der Waals surface area contributed by atoms with Gasteiger partial charge in [0.15, 0.2) is 11.6 Å². The van der Waals surface area contributed by atoms with E-state index in [2.05, 4.69) is 0 Å². The predicted molar refractivity (Wildman–Crippen MR) is 68.9 cm³/mol. The molecule has 2 aromatic carbocycles. The highest BCUT2D eigenvalue weighted by Crippen LogP contribution is 2.30. The van der Waals surface area contributed by atoms with E-state index in [1.165, 1.54) is 18.2 Å². The predicted octanol–water partition coefficient (Wildman–Crippen LogP) is 4.42. The molecule has 0 bridgehead atoms. The Bertz CT molecular complexity index is 573. The van der Waals surface area contributed by atoms with E-state index in [0.717, 1.165) is 0 Å². The SMILES string of the molecule is OCc1ccc(Oc2cccc(Cl)c2F)cc1Cl. The van der Waals surface area contributed by atoms with Gasteiger partial charge in [-0.25, -0.2) is 4.39 Å². The first kappa shape index (κ1) is 13.1. The molecule has 0 aliphatic rings. The van der Waals surface area contributed by atoms with Crippen molar-refractivity contribution in [3.8, 4) is 11.5 Å². The van der Waals surface area contributed by atoms with Crippen LogP contribution in [0, 0.1) is 5.82 Å². The van der Waals surface area contributed by atoms with Crippen LogP contribution in [-0.4, -0.2) is 5.11 Å². The number of ether oxygens (including phenoxy) is 1. The molecule has 2 aromatic rings. The molecule has 2 rings (SSSR count). The van der Waals surface area contributed by atoms with Crippen molar-refractivity contribution in [3.63, 3.8) is 0 Å². The van der Waals surface area contributed by atoms with Crippen molar-refractivity contribution in [2.24, 2.45) is 0 Å². The molecule has 0 aliphatic carbocycles. The van der Waals surface area contributed by atoms with Crippen LogP contribution in [0.5, 0.6) is 11.5 Å². The van der Waals surface area contributed by atoms with E-state index in [1.54, 1.807) is 18.2 Å². The largest absolute Gasteiger partial charge is 0.454 e. The average molecular weight is 287 g/mol. The molecule has 1 N–H and O–H groups in total. The van der Waals surface area contributed by atoms with Crippen LogP contribution in [0.15, 0.2) is 36.4 Å². The van der Waals surface area contributed by atoms with Crippen LogP contribution < -0.4 is 4.74 Å². The Balaban J connectivity index is 2.29. The summed E-state index contributed by atoms with van der Waals surface area (Å²) in [4.78, 5) is 0. The summed E-state index contributed by atoms with van der Waals surface area (Å²) in [6.45, 7) is -0.162. The highest BCUT2D eigenvalue weighted by Gasteiger charge is 2.09. The lowest BCUT2D eigenvalue weighted by molar-refractivity contribution is 0.282. The van der Waals surface area contributed by atoms with Gasteiger partial charge in [0.05, 0.1) is 11.6 Å². The number of hydrogen-bond donors (Lipinski definition) is 1. The van der Waals surface area contributed by atoms with Gasteiger partial charge in [0.1, 0.15) is 5.75 Å². The number of hydrogen-bond acceptors (Lipinski definition) is 2. The van der Waals surface area contributed by atoms with E-state index < -0.39 is 5.82 Å². The fraction of sp³-hybridized carbons (Fsp3) is 0.0769. The molecule has 0 saturated heterocycles. The number of benzene rings is 2. The molecule has 18 heavy (non-hydrogen) atoms. The first-order chi connectivity index (χ1) is 8.61. The zero-order chi connectivity index (χ0) is 13.1. The Labute approximate surface area is 114 Å². The van der Waals surface area contributed by atoms with E-state index in [1.807, 2.05) is 0 Å². The molecule has 94 valence electrons. The number of aliphatic hydroxyl groups is 1. The van der Waals surface area contributed by atoms with Crippen molar-refractivity contribution >= 4 is 23.2 Å². The maximum absolute atomic E-state index is 13.6. The first-order valence-corrected chi connectivity index (χ1v) is 5.88. The van der Waals surface area contributed by atoms with Gasteiger partial charge in [-0.15, -0.1) is 0 Å². The fourth-order valence-electron chi connectivity index (χ4n) is 1.41. The maximum atomic E-state index is 13.6. The number of rotatable bonds is 3. The Hall–Kier alpha value is -1.29. The second kappa shape index (κ2) is 5.57. The molecule has 0 amide bonds. The molecule has 0 fully saturated rings. The van der Waals surface area contributed by atoms with Gasteiger partial charge in [0.2, 0.25) is 0 Å². The Morgan fingerprint density at radius 1 is 1.11 bits per heavy atom. The molecule has 0 radical (unpaired) electrons. The van der Waals surface area contributed by atoms with E-state index in [4.69, 9.17) is 33.0 Å². The molecule has 0 heterocycles. The Morgan fingerprint density at radius 2 is 1.89 bits per heavy atom. The molecule has 0 unspecified atom stereocenters.